The van der Waals surface area contributed by atoms with Gasteiger partial charge in [-0.25, -0.2) is 4.21 Å². The second kappa shape index (κ2) is 5.46. The predicted molar refractivity (Wildman–Crippen MR) is 55.9 cm³/mol. The third-order valence-electron chi connectivity index (χ3n) is 1.38. The molecule has 1 atom stereocenters. The Morgan fingerprint density at radius 2 is 2.00 bits per heavy atom. The molecule has 0 spiro atoms. The van der Waals surface area contributed by atoms with Crippen molar-refractivity contribution < 1.29 is 4.21 Å². The third-order valence-corrected chi connectivity index (χ3v) is 2.77. The average Bonchev–Trinajstić information content (AvgIpc) is 1.96. The van der Waals surface area contributed by atoms with Crippen LogP contribution in [-0.4, -0.2) is 15.2 Å². The van der Waals surface area contributed by atoms with E-state index < -0.39 is 11.0 Å². The van der Waals surface area contributed by atoms with Crippen molar-refractivity contribution in [3.8, 4) is 0 Å². The molecule has 0 heterocycles. The molecule has 1 unspecified atom stereocenters. The van der Waals surface area contributed by atoms with E-state index in [9.17, 15) is 4.21 Å². The van der Waals surface area contributed by atoms with Gasteiger partial charge in [0, 0.05) is 6.21 Å². The van der Waals surface area contributed by atoms with Crippen molar-refractivity contribution in [1.82, 2.24) is 0 Å². The van der Waals surface area contributed by atoms with Crippen LogP contribution in [0, 0.1) is 0 Å². The third kappa shape index (κ3) is 5.47. The SMILES string of the molecule is CCCCC=NS(=O)C(C)(C)C. The second-order valence-electron chi connectivity index (χ2n) is 3.79. The minimum absolute atomic E-state index is 0.220. The summed E-state index contributed by atoms with van der Waals surface area (Å²) in [7, 11) is -1.07. The molecule has 72 valence electrons. The second-order valence-corrected chi connectivity index (χ2v) is 5.73. The molecule has 0 amide bonds. The maximum Gasteiger partial charge on any atom is 0.144 e. The van der Waals surface area contributed by atoms with Crippen LogP contribution < -0.4 is 0 Å². The summed E-state index contributed by atoms with van der Waals surface area (Å²) < 4.78 is 15.1. The number of unbranched alkanes of at least 4 members (excludes halogenated alkanes) is 2. The fourth-order valence-corrected chi connectivity index (χ4v) is 1.13. The molecule has 0 aromatic heterocycles. The number of nitrogens with zero attached hydrogens (tertiary/aromatic N) is 1. The Balaban J connectivity index is 3.77. The Morgan fingerprint density at radius 1 is 1.42 bits per heavy atom. The molecular formula is C9H19NOS. The Labute approximate surface area is 78.1 Å². The molecule has 0 saturated carbocycles. The maximum atomic E-state index is 11.3. The summed E-state index contributed by atoms with van der Waals surface area (Å²) in [6.45, 7) is 7.93. The topological polar surface area (TPSA) is 29.4 Å². The van der Waals surface area contributed by atoms with E-state index in [1.807, 2.05) is 20.8 Å². The summed E-state index contributed by atoms with van der Waals surface area (Å²) in [4.78, 5) is 0. The van der Waals surface area contributed by atoms with Crippen molar-refractivity contribution in [1.29, 1.82) is 0 Å². The smallest absolute Gasteiger partial charge is 0.144 e. The zero-order valence-electron chi connectivity index (χ0n) is 8.46. The molecule has 0 aliphatic heterocycles. The fraction of sp³-hybridized carbons (Fsp3) is 0.889. The highest BCUT2D eigenvalue weighted by atomic mass is 32.2. The van der Waals surface area contributed by atoms with E-state index in [4.69, 9.17) is 0 Å². The molecule has 2 nitrogen and oxygen atoms in total. The van der Waals surface area contributed by atoms with Crippen LogP contribution >= 0.6 is 0 Å². The fourth-order valence-electron chi connectivity index (χ4n) is 0.574. The molecule has 0 aliphatic rings. The first-order valence-corrected chi connectivity index (χ1v) is 5.53. The first-order valence-electron chi connectivity index (χ1n) is 4.43. The molecule has 0 bridgehead atoms. The molecule has 0 aromatic rings. The van der Waals surface area contributed by atoms with E-state index in [1.54, 1.807) is 6.21 Å². The van der Waals surface area contributed by atoms with Crippen LogP contribution in [0.2, 0.25) is 0 Å². The minimum atomic E-state index is -1.07. The van der Waals surface area contributed by atoms with Gasteiger partial charge in [0.2, 0.25) is 0 Å². The largest absolute Gasteiger partial charge is 0.234 e. The molecule has 0 radical (unpaired) electrons. The van der Waals surface area contributed by atoms with Crippen molar-refractivity contribution in [3.05, 3.63) is 0 Å². The summed E-state index contributed by atoms with van der Waals surface area (Å²) in [5.74, 6) is 0. The number of hydrogen-bond donors (Lipinski definition) is 0. The van der Waals surface area contributed by atoms with Gasteiger partial charge in [-0.3, -0.25) is 0 Å². The lowest BCUT2D eigenvalue weighted by Crippen LogP contribution is -2.19. The van der Waals surface area contributed by atoms with E-state index in [0.717, 1.165) is 19.3 Å². The first-order chi connectivity index (χ1) is 5.48. The summed E-state index contributed by atoms with van der Waals surface area (Å²) in [5, 5.41) is 0. The quantitative estimate of drug-likeness (QED) is 0.494. The van der Waals surface area contributed by atoms with Gasteiger partial charge in [-0.15, -0.1) is 0 Å². The lowest BCUT2D eigenvalue weighted by atomic mass is 10.3. The lowest BCUT2D eigenvalue weighted by Gasteiger charge is -2.12. The van der Waals surface area contributed by atoms with Crippen LogP contribution in [-0.2, 0) is 11.0 Å². The van der Waals surface area contributed by atoms with Crippen molar-refractivity contribution in [2.24, 2.45) is 4.40 Å². The Kier molecular flexibility index (Phi) is 5.38. The maximum absolute atomic E-state index is 11.3. The van der Waals surface area contributed by atoms with E-state index >= 15 is 0 Å². The van der Waals surface area contributed by atoms with Gasteiger partial charge in [0.1, 0.15) is 11.0 Å². The van der Waals surface area contributed by atoms with Crippen LogP contribution in [0.3, 0.4) is 0 Å². The van der Waals surface area contributed by atoms with E-state index in [1.165, 1.54) is 0 Å². The summed E-state index contributed by atoms with van der Waals surface area (Å²) >= 11 is 0. The Bertz CT molecular complexity index is 170. The first kappa shape index (κ1) is 11.8. The van der Waals surface area contributed by atoms with Crippen molar-refractivity contribution in [3.63, 3.8) is 0 Å². The van der Waals surface area contributed by atoms with Gasteiger partial charge in [-0.1, -0.05) is 13.3 Å². The molecular weight excluding hydrogens is 170 g/mol. The average molecular weight is 189 g/mol. The van der Waals surface area contributed by atoms with Crippen molar-refractivity contribution >= 4 is 17.2 Å². The highest BCUT2D eigenvalue weighted by Gasteiger charge is 2.17. The van der Waals surface area contributed by atoms with E-state index in [-0.39, 0.29) is 4.75 Å². The molecule has 12 heavy (non-hydrogen) atoms. The zero-order chi connectivity index (χ0) is 9.61. The molecule has 0 aromatic carbocycles. The Morgan fingerprint density at radius 3 is 2.42 bits per heavy atom. The molecule has 3 heteroatoms. The normalized spacial score (nSPS) is 15.3. The van der Waals surface area contributed by atoms with Gasteiger partial charge in [-0.05, 0) is 33.6 Å². The number of rotatable bonds is 4. The highest BCUT2D eigenvalue weighted by Crippen LogP contribution is 2.11. The predicted octanol–water partition coefficient (Wildman–Crippen LogP) is 2.71. The van der Waals surface area contributed by atoms with Crippen molar-refractivity contribution in [2.45, 2.75) is 51.7 Å². The van der Waals surface area contributed by atoms with Gasteiger partial charge in [-0.2, -0.15) is 4.40 Å². The molecule has 0 N–H and O–H groups in total. The molecule has 0 fully saturated rings. The standard InChI is InChI=1S/C9H19NOS/c1-5-6-7-8-10-12(11)9(2,3)4/h8H,5-7H2,1-4H3. The van der Waals surface area contributed by atoms with Crippen LogP contribution in [0.15, 0.2) is 4.40 Å². The summed E-state index contributed by atoms with van der Waals surface area (Å²) in [6.07, 6.45) is 5.02. The van der Waals surface area contributed by atoms with Gasteiger partial charge < -0.3 is 0 Å². The van der Waals surface area contributed by atoms with Crippen LogP contribution in [0.25, 0.3) is 0 Å². The van der Waals surface area contributed by atoms with E-state index in [2.05, 4.69) is 11.3 Å². The highest BCUT2D eigenvalue weighted by molar-refractivity contribution is 7.85. The molecule has 0 aliphatic carbocycles. The van der Waals surface area contributed by atoms with Crippen LogP contribution in [0.1, 0.15) is 47.0 Å². The van der Waals surface area contributed by atoms with Gasteiger partial charge in [0.25, 0.3) is 0 Å². The molecule has 0 saturated heterocycles. The molecule has 0 rings (SSSR count). The Hall–Kier alpha value is -0.180. The van der Waals surface area contributed by atoms with E-state index in [0.29, 0.717) is 0 Å². The minimum Gasteiger partial charge on any atom is -0.234 e. The van der Waals surface area contributed by atoms with Crippen molar-refractivity contribution in [2.75, 3.05) is 0 Å². The summed E-state index contributed by atoms with van der Waals surface area (Å²) in [6, 6.07) is 0. The number of hydrogen-bond acceptors (Lipinski definition) is 1. The summed E-state index contributed by atoms with van der Waals surface area (Å²) in [5.41, 5.74) is 0. The lowest BCUT2D eigenvalue weighted by molar-refractivity contribution is 0.650. The van der Waals surface area contributed by atoms with Gasteiger partial charge in [0.15, 0.2) is 0 Å². The van der Waals surface area contributed by atoms with Gasteiger partial charge in [0.05, 0.1) is 4.75 Å². The van der Waals surface area contributed by atoms with Gasteiger partial charge >= 0.3 is 0 Å². The van der Waals surface area contributed by atoms with Crippen LogP contribution in [0.4, 0.5) is 0 Å². The zero-order valence-corrected chi connectivity index (χ0v) is 9.28. The monoisotopic (exact) mass is 189 g/mol. The van der Waals surface area contributed by atoms with Crippen LogP contribution in [0.5, 0.6) is 0 Å².